The predicted molar refractivity (Wildman–Crippen MR) is 78.8 cm³/mol. The Kier molecular flexibility index (Phi) is 4.60. The van der Waals surface area contributed by atoms with Crippen LogP contribution in [0.1, 0.15) is 6.92 Å². The van der Waals surface area contributed by atoms with Crippen LogP contribution < -0.4 is 0 Å². The molecule has 7 atom stereocenters. The molecule has 0 spiro atoms. The average molecular weight is 359 g/mol. The molecular formula is C15H21NO9. The molecule has 1 amide bonds. The number of hydrogen-bond acceptors (Lipinski definition) is 9. The van der Waals surface area contributed by atoms with Gasteiger partial charge in [0.15, 0.2) is 18.3 Å². The Morgan fingerprint density at radius 1 is 1.36 bits per heavy atom. The minimum Gasteiger partial charge on any atom is -0.497 e. The zero-order valence-corrected chi connectivity index (χ0v) is 14.0. The highest BCUT2D eigenvalue weighted by atomic mass is 16.8. The van der Waals surface area contributed by atoms with Crippen LogP contribution in [0.5, 0.6) is 0 Å². The van der Waals surface area contributed by atoms with Gasteiger partial charge in [-0.3, -0.25) is 9.59 Å². The van der Waals surface area contributed by atoms with E-state index < -0.39 is 60.8 Å². The van der Waals surface area contributed by atoms with E-state index in [9.17, 15) is 24.9 Å². The van der Waals surface area contributed by atoms with E-state index in [-0.39, 0.29) is 5.76 Å². The van der Waals surface area contributed by atoms with Crippen LogP contribution in [0.3, 0.4) is 0 Å². The molecule has 0 unspecified atom stereocenters. The van der Waals surface area contributed by atoms with E-state index >= 15 is 0 Å². The molecule has 3 rings (SSSR count). The minimum atomic E-state index is -1.78. The first-order valence-corrected chi connectivity index (χ1v) is 7.77. The van der Waals surface area contributed by atoms with Gasteiger partial charge < -0.3 is 39.2 Å². The fraction of sp³-hybridized carbons (Fsp3) is 0.733. The summed E-state index contributed by atoms with van der Waals surface area (Å²) in [4.78, 5) is 25.8. The van der Waals surface area contributed by atoms with Crippen molar-refractivity contribution in [1.82, 2.24) is 4.90 Å². The number of aliphatic hydroxyl groups is 3. The standard InChI is InChI=1S/C15H21NO9/c1-6(18)15-8(22-3)4-9(19)16(2)14(15)24-12-11(21)10(20)7(5-17)23-13(12)25-15/h4,7,10-14,17,20-21H,5H2,1-3H3/t7-,10-,11+,12-,13+,14-,15-/m1/s1. The smallest absolute Gasteiger partial charge is 0.251 e. The van der Waals surface area contributed by atoms with Gasteiger partial charge in [-0.2, -0.15) is 0 Å². The van der Waals surface area contributed by atoms with Crippen LogP contribution in [-0.2, 0) is 28.5 Å². The molecule has 25 heavy (non-hydrogen) atoms. The van der Waals surface area contributed by atoms with Gasteiger partial charge in [-0.15, -0.1) is 0 Å². The van der Waals surface area contributed by atoms with E-state index in [1.54, 1.807) is 0 Å². The van der Waals surface area contributed by atoms with Gasteiger partial charge in [0.2, 0.25) is 5.60 Å². The molecule has 0 aromatic rings. The summed E-state index contributed by atoms with van der Waals surface area (Å²) in [6.45, 7) is 0.692. The van der Waals surface area contributed by atoms with Crippen LogP contribution in [0.2, 0.25) is 0 Å². The molecule has 10 heteroatoms. The van der Waals surface area contributed by atoms with E-state index in [0.717, 1.165) is 11.0 Å². The number of likely N-dealkylation sites (N-methyl/N-ethyl adjacent to an activating group) is 1. The number of carbonyl (C=O) groups excluding carboxylic acids is 2. The first-order chi connectivity index (χ1) is 11.8. The molecule has 140 valence electrons. The molecule has 2 saturated heterocycles. The maximum Gasteiger partial charge on any atom is 0.251 e. The summed E-state index contributed by atoms with van der Waals surface area (Å²) < 4.78 is 22.3. The van der Waals surface area contributed by atoms with Crippen LogP contribution in [0.15, 0.2) is 11.8 Å². The second-order valence-electron chi connectivity index (χ2n) is 6.23. The fourth-order valence-corrected chi connectivity index (χ4v) is 3.40. The van der Waals surface area contributed by atoms with Crippen LogP contribution in [0, 0.1) is 0 Å². The van der Waals surface area contributed by atoms with Crippen molar-refractivity contribution in [2.24, 2.45) is 0 Å². The molecule has 0 aliphatic carbocycles. The lowest BCUT2D eigenvalue weighted by atomic mass is 9.87. The molecule has 2 fully saturated rings. The van der Waals surface area contributed by atoms with Crippen molar-refractivity contribution >= 4 is 11.7 Å². The van der Waals surface area contributed by atoms with Crippen LogP contribution in [-0.4, -0.2) is 95.2 Å². The monoisotopic (exact) mass is 359 g/mol. The lowest BCUT2D eigenvalue weighted by Gasteiger charge is -2.55. The molecule has 0 radical (unpaired) electrons. The molecule has 3 aliphatic heterocycles. The molecular weight excluding hydrogens is 338 g/mol. The number of carbonyl (C=O) groups is 2. The largest absolute Gasteiger partial charge is 0.497 e. The highest BCUT2D eigenvalue weighted by Gasteiger charge is 2.64. The van der Waals surface area contributed by atoms with E-state index in [2.05, 4.69) is 0 Å². The highest BCUT2D eigenvalue weighted by molar-refractivity contribution is 5.97. The van der Waals surface area contributed by atoms with Crippen LogP contribution in [0.25, 0.3) is 0 Å². The minimum absolute atomic E-state index is 0.0451. The summed E-state index contributed by atoms with van der Waals surface area (Å²) in [6.07, 6.45) is -6.48. The van der Waals surface area contributed by atoms with Crippen molar-refractivity contribution < 1.29 is 43.9 Å². The molecule has 10 nitrogen and oxygen atoms in total. The van der Waals surface area contributed by atoms with Crippen molar-refractivity contribution in [3.05, 3.63) is 11.8 Å². The Morgan fingerprint density at radius 3 is 2.60 bits per heavy atom. The SMILES string of the molecule is COC1=CC(=O)N(C)[C@@H]2O[C@H]3[C@@H](O[C@H](CO)[C@@H](O)[C@@H]3O)O[C@]12C(C)=O. The summed E-state index contributed by atoms with van der Waals surface area (Å²) >= 11 is 0. The van der Waals surface area contributed by atoms with Gasteiger partial charge in [0.05, 0.1) is 13.7 Å². The molecule has 0 aromatic heterocycles. The topological polar surface area (TPSA) is 135 Å². The third kappa shape index (κ3) is 2.48. The second kappa shape index (κ2) is 6.31. The molecule has 3 aliphatic rings. The zero-order valence-electron chi connectivity index (χ0n) is 14.0. The maximum absolute atomic E-state index is 12.5. The van der Waals surface area contributed by atoms with Crippen LogP contribution in [0.4, 0.5) is 0 Å². The summed E-state index contributed by atoms with van der Waals surface area (Å²) in [5.74, 6) is -1.01. The Labute approximate surface area is 143 Å². The predicted octanol–water partition coefficient (Wildman–Crippen LogP) is -2.50. The van der Waals surface area contributed by atoms with Crippen molar-refractivity contribution in [2.45, 2.75) is 49.5 Å². The maximum atomic E-state index is 12.5. The Balaban J connectivity index is 2.05. The van der Waals surface area contributed by atoms with Gasteiger partial charge in [-0.05, 0) is 6.92 Å². The summed E-state index contributed by atoms with van der Waals surface area (Å²) in [5.41, 5.74) is -1.78. The lowest BCUT2D eigenvalue weighted by molar-refractivity contribution is -0.393. The van der Waals surface area contributed by atoms with Crippen molar-refractivity contribution in [3.8, 4) is 0 Å². The Bertz CT molecular complexity index is 608. The lowest BCUT2D eigenvalue weighted by Crippen LogP contribution is -2.74. The molecule has 3 N–H and O–H groups in total. The summed E-state index contributed by atoms with van der Waals surface area (Å²) in [6, 6.07) is 0. The first kappa shape index (κ1) is 18.2. The number of nitrogens with zero attached hydrogens (tertiary/aromatic N) is 1. The summed E-state index contributed by atoms with van der Waals surface area (Å²) in [7, 11) is 2.71. The normalized spacial score (nSPS) is 43.8. The van der Waals surface area contributed by atoms with Crippen molar-refractivity contribution in [2.75, 3.05) is 20.8 Å². The van der Waals surface area contributed by atoms with E-state index in [0.29, 0.717) is 0 Å². The number of methoxy groups -OCH3 is 1. The number of Topliss-reactive ketones (excluding diaryl/α,β-unsaturated/α-hetero) is 1. The number of ether oxygens (including phenoxy) is 4. The van der Waals surface area contributed by atoms with Crippen LogP contribution >= 0.6 is 0 Å². The van der Waals surface area contributed by atoms with Crippen molar-refractivity contribution in [3.63, 3.8) is 0 Å². The van der Waals surface area contributed by atoms with E-state index in [1.165, 1.54) is 21.1 Å². The zero-order chi connectivity index (χ0) is 18.5. The molecule has 0 saturated carbocycles. The molecule has 0 aromatic carbocycles. The Morgan fingerprint density at radius 2 is 2.04 bits per heavy atom. The number of aliphatic hydroxyl groups excluding tert-OH is 3. The van der Waals surface area contributed by atoms with E-state index in [1.807, 2.05) is 0 Å². The van der Waals surface area contributed by atoms with Gasteiger partial charge in [-0.25, -0.2) is 0 Å². The number of ketones is 1. The average Bonchev–Trinajstić information content (AvgIpc) is 2.59. The summed E-state index contributed by atoms with van der Waals surface area (Å²) in [5, 5.41) is 29.6. The van der Waals surface area contributed by atoms with Crippen molar-refractivity contribution in [1.29, 1.82) is 0 Å². The quantitative estimate of drug-likeness (QED) is 0.499. The first-order valence-electron chi connectivity index (χ1n) is 7.77. The molecule has 0 bridgehead atoms. The van der Waals surface area contributed by atoms with Gasteiger partial charge >= 0.3 is 0 Å². The van der Waals surface area contributed by atoms with Gasteiger partial charge in [0, 0.05) is 13.1 Å². The van der Waals surface area contributed by atoms with Gasteiger partial charge in [0.1, 0.15) is 30.2 Å². The molecule has 3 heterocycles. The van der Waals surface area contributed by atoms with Gasteiger partial charge in [-0.1, -0.05) is 0 Å². The third-order valence-corrected chi connectivity index (χ3v) is 4.82. The Hall–Kier alpha value is -1.56. The number of hydrogen-bond donors (Lipinski definition) is 3. The fourth-order valence-electron chi connectivity index (χ4n) is 3.40. The van der Waals surface area contributed by atoms with Gasteiger partial charge in [0.25, 0.3) is 5.91 Å². The third-order valence-electron chi connectivity index (χ3n) is 4.82. The number of amides is 1. The number of rotatable bonds is 3. The van der Waals surface area contributed by atoms with E-state index in [4.69, 9.17) is 18.9 Å². The number of fused-ring (bicyclic) bond motifs is 2. The second-order valence-corrected chi connectivity index (χ2v) is 6.23. The highest BCUT2D eigenvalue weighted by Crippen LogP contribution is 2.43.